The first-order valence-electron chi connectivity index (χ1n) is 5.45. The second-order valence-electron chi connectivity index (χ2n) is 4.16. The van der Waals surface area contributed by atoms with Crippen LogP contribution in [0.15, 0.2) is 12.4 Å². The summed E-state index contributed by atoms with van der Waals surface area (Å²) in [6, 6.07) is 0.642. The van der Waals surface area contributed by atoms with Crippen molar-refractivity contribution in [3.8, 4) is 0 Å². The molecular weight excluding hydrogens is 259 g/mol. The minimum absolute atomic E-state index is 0. The molecule has 0 radical (unpaired) electrons. The Morgan fingerprint density at radius 3 is 2.65 bits per heavy atom. The molecule has 98 valence electrons. The van der Waals surface area contributed by atoms with Gasteiger partial charge in [0.05, 0.1) is 11.4 Å². The molecule has 0 saturated carbocycles. The minimum Gasteiger partial charge on any atom is -0.316 e. The molecule has 1 aliphatic heterocycles. The van der Waals surface area contributed by atoms with Crippen LogP contribution in [0.25, 0.3) is 0 Å². The zero-order chi connectivity index (χ0) is 10.7. The van der Waals surface area contributed by atoms with Crippen molar-refractivity contribution in [2.24, 2.45) is 0 Å². The minimum atomic E-state index is 0. The van der Waals surface area contributed by atoms with Crippen LogP contribution in [0, 0.1) is 6.92 Å². The molecule has 1 unspecified atom stereocenters. The number of aryl methyl sites for hydroxylation is 1. The maximum absolute atomic E-state index is 4.37. The van der Waals surface area contributed by atoms with Crippen molar-refractivity contribution in [1.29, 1.82) is 0 Å². The zero-order valence-corrected chi connectivity index (χ0v) is 11.9. The number of likely N-dealkylation sites (tertiary alicyclic amines) is 1. The number of hydrogen-bond donors (Lipinski definition) is 1. The summed E-state index contributed by atoms with van der Waals surface area (Å²) in [7, 11) is 2.03. The van der Waals surface area contributed by atoms with Gasteiger partial charge < -0.3 is 5.32 Å². The second kappa shape index (κ2) is 7.82. The Kier molecular flexibility index (Phi) is 7.63. The number of halogens is 2. The van der Waals surface area contributed by atoms with Gasteiger partial charge in [-0.05, 0) is 20.4 Å². The summed E-state index contributed by atoms with van der Waals surface area (Å²) in [4.78, 5) is 11.0. The SMILES string of the molecule is CNC1CCN(Cc2cnc(C)cn2)C1.Cl.Cl. The lowest BCUT2D eigenvalue weighted by Crippen LogP contribution is -2.29. The van der Waals surface area contributed by atoms with E-state index < -0.39 is 0 Å². The molecule has 1 atom stereocenters. The molecule has 1 N–H and O–H groups in total. The van der Waals surface area contributed by atoms with E-state index in [1.165, 1.54) is 6.42 Å². The molecule has 1 saturated heterocycles. The van der Waals surface area contributed by atoms with Crippen molar-refractivity contribution in [3.05, 3.63) is 23.8 Å². The molecule has 6 heteroatoms. The Morgan fingerprint density at radius 2 is 2.12 bits per heavy atom. The summed E-state index contributed by atoms with van der Waals surface area (Å²) in [5.41, 5.74) is 2.05. The van der Waals surface area contributed by atoms with Crippen LogP contribution in [0.4, 0.5) is 0 Å². The van der Waals surface area contributed by atoms with Gasteiger partial charge in [0.2, 0.25) is 0 Å². The fourth-order valence-corrected chi connectivity index (χ4v) is 1.94. The molecule has 17 heavy (non-hydrogen) atoms. The Morgan fingerprint density at radius 1 is 1.35 bits per heavy atom. The molecule has 1 fully saturated rings. The van der Waals surface area contributed by atoms with Crippen molar-refractivity contribution >= 4 is 24.8 Å². The maximum Gasteiger partial charge on any atom is 0.0727 e. The molecule has 0 bridgehead atoms. The third-order valence-electron chi connectivity index (χ3n) is 2.90. The number of aromatic nitrogens is 2. The van der Waals surface area contributed by atoms with Crippen molar-refractivity contribution in [2.75, 3.05) is 20.1 Å². The first kappa shape index (κ1) is 16.6. The Hall–Kier alpha value is -0.420. The molecule has 4 nitrogen and oxygen atoms in total. The van der Waals surface area contributed by atoms with Crippen LogP contribution in [-0.4, -0.2) is 41.0 Å². The fraction of sp³-hybridized carbons (Fsp3) is 0.636. The van der Waals surface area contributed by atoms with Crippen LogP contribution >= 0.6 is 24.8 Å². The molecular formula is C11H20Cl2N4. The number of likely N-dealkylation sites (N-methyl/N-ethyl adjacent to an activating group) is 1. The maximum atomic E-state index is 4.37. The molecule has 1 aliphatic rings. The Bertz CT molecular complexity index is 318. The number of nitrogens with zero attached hydrogens (tertiary/aromatic N) is 3. The average molecular weight is 279 g/mol. The quantitative estimate of drug-likeness (QED) is 0.908. The van der Waals surface area contributed by atoms with Crippen LogP contribution < -0.4 is 5.32 Å². The van der Waals surface area contributed by atoms with Crippen molar-refractivity contribution in [1.82, 2.24) is 20.2 Å². The number of rotatable bonds is 3. The highest BCUT2D eigenvalue weighted by Crippen LogP contribution is 2.11. The van der Waals surface area contributed by atoms with Gasteiger partial charge in [0, 0.05) is 38.1 Å². The van der Waals surface area contributed by atoms with E-state index in [9.17, 15) is 0 Å². The van der Waals surface area contributed by atoms with E-state index in [-0.39, 0.29) is 24.8 Å². The van der Waals surface area contributed by atoms with Crippen molar-refractivity contribution in [3.63, 3.8) is 0 Å². The monoisotopic (exact) mass is 278 g/mol. The molecule has 2 heterocycles. The second-order valence-corrected chi connectivity index (χ2v) is 4.16. The van der Waals surface area contributed by atoms with Gasteiger partial charge in [-0.1, -0.05) is 0 Å². The highest BCUT2D eigenvalue weighted by molar-refractivity contribution is 5.85. The molecule has 1 aromatic rings. The van der Waals surface area contributed by atoms with E-state index in [1.807, 2.05) is 26.4 Å². The third kappa shape index (κ3) is 4.76. The predicted molar refractivity (Wildman–Crippen MR) is 74.0 cm³/mol. The van der Waals surface area contributed by atoms with E-state index in [2.05, 4.69) is 20.2 Å². The normalized spacial score (nSPS) is 19.5. The molecule has 0 spiro atoms. The first-order chi connectivity index (χ1) is 7.28. The standard InChI is InChI=1S/C11H18N4.2ClH/c1-9-5-14-11(6-13-9)8-15-4-3-10(7-15)12-2;;/h5-6,10,12H,3-4,7-8H2,1-2H3;2*1H. The van der Waals surface area contributed by atoms with E-state index >= 15 is 0 Å². The number of hydrogen-bond acceptors (Lipinski definition) is 4. The van der Waals surface area contributed by atoms with Crippen molar-refractivity contribution < 1.29 is 0 Å². The van der Waals surface area contributed by atoms with Gasteiger partial charge >= 0.3 is 0 Å². The highest BCUT2D eigenvalue weighted by atomic mass is 35.5. The van der Waals surface area contributed by atoms with Gasteiger partial charge in [-0.15, -0.1) is 24.8 Å². The zero-order valence-electron chi connectivity index (χ0n) is 10.2. The Labute approximate surface area is 115 Å². The van der Waals surface area contributed by atoms with Crippen LogP contribution in [0.2, 0.25) is 0 Å². The lowest BCUT2D eigenvalue weighted by Gasteiger charge is -2.14. The van der Waals surface area contributed by atoms with E-state index in [0.717, 1.165) is 31.0 Å². The van der Waals surface area contributed by atoms with Gasteiger partial charge in [0.25, 0.3) is 0 Å². The lowest BCUT2D eigenvalue weighted by molar-refractivity contribution is 0.318. The summed E-state index contributed by atoms with van der Waals surface area (Å²) in [5, 5.41) is 3.31. The molecule has 0 aromatic carbocycles. The highest BCUT2D eigenvalue weighted by Gasteiger charge is 2.20. The predicted octanol–water partition coefficient (Wildman–Crippen LogP) is 1.42. The van der Waals surface area contributed by atoms with Crippen LogP contribution in [0.3, 0.4) is 0 Å². The van der Waals surface area contributed by atoms with Crippen molar-refractivity contribution in [2.45, 2.75) is 25.9 Å². The van der Waals surface area contributed by atoms with Crippen LogP contribution in [-0.2, 0) is 6.54 Å². The molecule has 1 aromatic heterocycles. The topological polar surface area (TPSA) is 41.0 Å². The summed E-state index contributed by atoms with van der Waals surface area (Å²) >= 11 is 0. The average Bonchev–Trinajstić information content (AvgIpc) is 2.69. The molecule has 0 amide bonds. The summed E-state index contributed by atoms with van der Waals surface area (Å²) in [6.07, 6.45) is 4.94. The van der Waals surface area contributed by atoms with Gasteiger partial charge in [-0.2, -0.15) is 0 Å². The molecule has 2 rings (SSSR count). The summed E-state index contributed by atoms with van der Waals surface area (Å²) in [5.74, 6) is 0. The smallest absolute Gasteiger partial charge is 0.0727 e. The van der Waals surface area contributed by atoms with Gasteiger partial charge in [-0.25, -0.2) is 0 Å². The largest absolute Gasteiger partial charge is 0.316 e. The van der Waals surface area contributed by atoms with Crippen LogP contribution in [0.1, 0.15) is 17.8 Å². The summed E-state index contributed by atoms with van der Waals surface area (Å²) in [6.45, 7) is 5.16. The fourth-order valence-electron chi connectivity index (χ4n) is 1.94. The van der Waals surface area contributed by atoms with Gasteiger partial charge in [0.1, 0.15) is 0 Å². The van der Waals surface area contributed by atoms with Crippen LogP contribution in [0.5, 0.6) is 0 Å². The van der Waals surface area contributed by atoms with E-state index in [4.69, 9.17) is 0 Å². The van der Waals surface area contributed by atoms with Gasteiger partial charge in [0.15, 0.2) is 0 Å². The van der Waals surface area contributed by atoms with Gasteiger partial charge in [-0.3, -0.25) is 14.9 Å². The Balaban J connectivity index is 0.00000128. The first-order valence-corrected chi connectivity index (χ1v) is 5.45. The van der Waals surface area contributed by atoms with E-state index in [1.54, 1.807) is 0 Å². The third-order valence-corrected chi connectivity index (χ3v) is 2.90. The van der Waals surface area contributed by atoms with E-state index in [0.29, 0.717) is 6.04 Å². The summed E-state index contributed by atoms with van der Waals surface area (Å²) < 4.78 is 0. The number of nitrogens with one attached hydrogen (secondary N) is 1. The lowest BCUT2D eigenvalue weighted by atomic mass is 10.3. The molecule has 0 aliphatic carbocycles.